The van der Waals surface area contributed by atoms with E-state index in [1.54, 1.807) is 0 Å². The predicted octanol–water partition coefficient (Wildman–Crippen LogP) is 15.2. The molecule has 10 aromatic rings. The van der Waals surface area contributed by atoms with Gasteiger partial charge in [0.2, 0.25) is 0 Å². The molecule has 0 saturated carbocycles. The molecule has 12 rings (SSSR count). The van der Waals surface area contributed by atoms with E-state index in [0.29, 0.717) is 0 Å². The molecule has 0 unspecified atom stereocenters. The Morgan fingerprint density at radius 1 is 0.483 bits per heavy atom. The first-order chi connectivity index (χ1) is 28.8. The van der Waals surface area contributed by atoms with E-state index in [-0.39, 0.29) is 0 Å². The minimum atomic E-state index is 0.835. The summed E-state index contributed by atoms with van der Waals surface area (Å²) >= 11 is 0. The smallest absolute Gasteiger partial charge is 0.158 e. The van der Waals surface area contributed by atoms with Crippen molar-refractivity contribution in [3.05, 3.63) is 200 Å². The lowest BCUT2D eigenvalue weighted by Gasteiger charge is -2.25. The van der Waals surface area contributed by atoms with Gasteiger partial charge in [0, 0.05) is 29.3 Å². The minimum Gasteiger partial charge on any atom is -0.458 e. The van der Waals surface area contributed by atoms with Crippen LogP contribution in [-0.2, 0) is 6.42 Å². The Kier molecular flexibility index (Phi) is 7.36. The van der Waals surface area contributed by atoms with E-state index in [1.807, 2.05) is 18.3 Å². The summed E-state index contributed by atoms with van der Waals surface area (Å²) in [5.74, 6) is 1.88. The number of nitrogens with zero attached hydrogens (tertiary/aromatic N) is 2. The molecule has 0 fully saturated rings. The molecule has 0 aliphatic heterocycles. The highest BCUT2D eigenvalue weighted by Gasteiger charge is 2.31. The maximum absolute atomic E-state index is 6.67. The lowest BCUT2D eigenvalue weighted by molar-refractivity contribution is 0.546. The van der Waals surface area contributed by atoms with Crippen LogP contribution in [0.1, 0.15) is 17.7 Å². The minimum absolute atomic E-state index is 0.835. The fraction of sp³-hybridized carbons (Fsp3) is 0.0364. The number of benzene rings is 8. The van der Waals surface area contributed by atoms with Crippen molar-refractivity contribution in [2.75, 3.05) is 4.90 Å². The highest BCUT2D eigenvalue weighted by atomic mass is 16.3. The Morgan fingerprint density at radius 3 is 1.84 bits per heavy atom. The van der Waals surface area contributed by atoms with Crippen LogP contribution in [0.4, 0.5) is 17.2 Å². The molecule has 2 aliphatic carbocycles. The summed E-state index contributed by atoms with van der Waals surface area (Å²) in [6.07, 6.45) is 8.21. The van der Waals surface area contributed by atoms with E-state index in [9.17, 15) is 0 Å². The molecule has 2 aliphatic rings. The number of fused-ring (bicyclic) bond motifs is 7. The number of hydrogen-bond acceptors (Lipinski definition) is 3. The van der Waals surface area contributed by atoms with Crippen molar-refractivity contribution in [2.45, 2.75) is 12.8 Å². The van der Waals surface area contributed by atoms with Gasteiger partial charge in [-0.2, -0.15) is 0 Å². The van der Waals surface area contributed by atoms with Crippen molar-refractivity contribution in [1.82, 2.24) is 4.98 Å². The third kappa shape index (κ3) is 4.90. The van der Waals surface area contributed by atoms with Crippen molar-refractivity contribution >= 4 is 55.8 Å². The van der Waals surface area contributed by atoms with Crippen molar-refractivity contribution in [3.8, 4) is 55.6 Å². The van der Waals surface area contributed by atoms with Gasteiger partial charge in [0.05, 0.1) is 5.69 Å². The molecule has 2 heterocycles. The number of anilines is 3. The lowest BCUT2D eigenvalue weighted by Crippen LogP contribution is -2.11. The summed E-state index contributed by atoms with van der Waals surface area (Å²) in [6, 6.07) is 63.8. The number of hydrogen-bond donors (Lipinski definition) is 0. The molecule has 3 heteroatoms. The average molecular weight is 741 g/mol. The molecular weight excluding hydrogens is 705 g/mol. The van der Waals surface area contributed by atoms with Gasteiger partial charge in [-0.15, -0.1) is 0 Å². The van der Waals surface area contributed by atoms with E-state index in [0.717, 1.165) is 52.3 Å². The average Bonchev–Trinajstić information content (AvgIpc) is 3.84. The molecule has 0 bridgehead atoms. The lowest BCUT2D eigenvalue weighted by atomic mass is 9.82. The number of aromatic nitrogens is 1. The third-order valence-corrected chi connectivity index (χ3v) is 12.1. The second kappa shape index (κ2) is 13.0. The van der Waals surface area contributed by atoms with Gasteiger partial charge in [-0.1, -0.05) is 158 Å². The largest absolute Gasteiger partial charge is 0.458 e. The van der Waals surface area contributed by atoms with Crippen molar-refractivity contribution < 1.29 is 4.42 Å². The Morgan fingerprint density at radius 2 is 1.10 bits per heavy atom. The van der Waals surface area contributed by atoms with Crippen LogP contribution in [-0.4, -0.2) is 4.98 Å². The molecule has 8 aromatic carbocycles. The van der Waals surface area contributed by atoms with Gasteiger partial charge in [-0.25, -0.2) is 4.98 Å². The number of aryl methyl sites for hydroxylation is 1. The van der Waals surface area contributed by atoms with Gasteiger partial charge in [0.25, 0.3) is 0 Å². The Bertz CT molecular complexity index is 3180. The second-order valence-corrected chi connectivity index (χ2v) is 15.3. The van der Waals surface area contributed by atoms with Gasteiger partial charge in [-0.3, -0.25) is 4.90 Å². The first-order valence-electron chi connectivity index (χ1n) is 20.1. The summed E-state index contributed by atoms with van der Waals surface area (Å²) < 4.78 is 6.67. The standard InChI is InChI=1S/C55H36N2O/c1-3-16-35(17-4-1)50-42-23-7-8-24-43(42)51(36-18-5-2-6-19-36)54-46-32-31-39(41-25-14-27-45(52(41)46)53(50)54)37-20-13-21-38(34-37)57(49-30-11-12-33-56-49)47-28-15-26-44-40-22-9-10-29-48(40)58-55(44)47/h1-9,11-28,30-34H,10,29H2. The molecule has 0 spiro atoms. The van der Waals surface area contributed by atoms with E-state index in [4.69, 9.17) is 9.40 Å². The molecule has 0 amide bonds. The van der Waals surface area contributed by atoms with E-state index in [1.165, 1.54) is 77.2 Å². The zero-order chi connectivity index (χ0) is 38.2. The summed E-state index contributed by atoms with van der Waals surface area (Å²) in [6.45, 7) is 0. The van der Waals surface area contributed by atoms with Crippen LogP contribution in [0.25, 0.3) is 94.2 Å². The van der Waals surface area contributed by atoms with Crippen LogP contribution < -0.4 is 4.90 Å². The van der Waals surface area contributed by atoms with Crippen molar-refractivity contribution in [1.29, 1.82) is 0 Å². The molecule has 272 valence electrons. The number of rotatable bonds is 6. The van der Waals surface area contributed by atoms with Crippen LogP contribution >= 0.6 is 0 Å². The first kappa shape index (κ1) is 32.7. The first-order valence-corrected chi connectivity index (χ1v) is 20.1. The molecule has 0 saturated heterocycles. The van der Waals surface area contributed by atoms with Crippen molar-refractivity contribution in [3.63, 3.8) is 0 Å². The summed E-state index contributed by atoms with van der Waals surface area (Å²) in [4.78, 5) is 7.13. The quantitative estimate of drug-likeness (QED) is 0.170. The summed E-state index contributed by atoms with van der Waals surface area (Å²) in [7, 11) is 0. The van der Waals surface area contributed by atoms with Gasteiger partial charge in [0.1, 0.15) is 11.6 Å². The number of para-hydroxylation sites is 1. The predicted molar refractivity (Wildman–Crippen MR) is 242 cm³/mol. The molecule has 2 aromatic heterocycles. The SMILES string of the molecule is C1=Cc2c(oc3c(N(c4cccc(-c5ccc6c7c(cccc57)-c5c-6c(-c6ccccc6)c6ccccc6c5-c5ccccc5)c4)c4ccccn4)cccc23)CC1. The molecule has 0 atom stereocenters. The third-order valence-electron chi connectivity index (χ3n) is 12.1. The molecule has 58 heavy (non-hydrogen) atoms. The number of allylic oxidation sites excluding steroid dienone is 1. The highest BCUT2D eigenvalue weighted by molar-refractivity contribution is 6.28. The molecule has 0 N–H and O–H groups in total. The topological polar surface area (TPSA) is 29.3 Å². The molecule has 0 radical (unpaired) electrons. The van der Waals surface area contributed by atoms with Gasteiger partial charge in [-0.05, 0) is 114 Å². The van der Waals surface area contributed by atoms with E-state index in [2.05, 4.69) is 181 Å². The normalized spacial score (nSPS) is 12.6. The monoisotopic (exact) mass is 740 g/mol. The van der Waals surface area contributed by atoms with Crippen LogP contribution in [0.2, 0.25) is 0 Å². The van der Waals surface area contributed by atoms with E-state index < -0.39 is 0 Å². The Hall–Kier alpha value is -7.49. The summed E-state index contributed by atoms with van der Waals surface area (Å²) in [5, 5.41) is 6.20. The van der Waals surface area contributed by atoms with Crippen LogP contribution in [0.5, 0.6) is 0 Å². The van der Waals surface area contributed by atoms with Gasteiger partial charge in [0.15, 0.2) is 5.58 Å². The fourth-order valence-corrected chi connectivity index (χ4v) is 9.69. The number of furan rings is 1. The highest BCUT2D eigenvalue weighted by Crippen LogP contribution is 2.58. The van der Waals surface area contributed by atoms with Gasteiger partial charge >= 0.3 is 0 Å². The zero-order valence-corrected chi connectivity index (χ0v) is 31.7. The maximum Gasteiger partial charge on any atom is 0.158 e. The second-order valence-electron chi connectivity index (χ2n) is 15.3. The zero-order valence-electron chi connectivity index (χ0n) is 31.7. The maximum atomic E-state index is 6.67. The van der Waals surface area contributed by atoms with Gasteiger partial charge < -0.3 is 4.42 Å². The van der Waals surface area contributed by atoms with E-state index >= 15 is 0 Å². The van der Waals surface area contributed by atoms with Crippen molar-refractivity contribution in [2.24, 2.45) is 0 Å². The van der Waals surface area contributed by atoms with Crippen LogP contribution in [0.15, 0.2) is 193 Å². The fourth-order valence-electron chi connectivity index (χ4n) is 9.69. The Balaban J connectivity index is 1.09. The van der Waals surface area contributed by atoms with Crippen LogP contribution in [0, 0.1) is 0 Å². The Labute approximate surface area is 336 Å². The van der Waals surface area contributed by atoms with Crippen LogP contribution in [0.3, 0.4) is 0 Å². The summed E-state index contributed by atoms with van der Waals surface area (Å²) in [5.41, 5.74) is 16.6. The number of pyridine rings is 1. The molecular formula is C55H36N2O. The molecule has 3 nitrogen and oxygen atoms in total.